The van der Waals surface area contributed by atoms with Crippen LogP contribution in [0.3, 0.4) is 0 Å². The van der Waals surface area contributed by atoms with Crippen molar-refractivity contribution in [3.63, 3.8) is 0 Å². The molecule has 1 aromatic rings. The smallest absolute Gasteiger partial charge is 0.108 e. The second-order valence-electron chi connectivity index (χ2n) is 4.46. The summed E-state index contributed by atoms with van der Waals surface area (Å²) in [6.45, 7) is 3.34. The van der Waals surface area contributed by atoms with E-state index in [0.29, 0.717) is 6.04 Å². The summed E-state index contributed by atoms with van der Waals surface area (Å²) in [6, 6.07) is 2.87. The van der Waals surface area contributed by atoms with E-state index in [1.165, 1.54) is 30.7 Å². The first-order chi connectivity index (χ1) is 6.88. The van der Waals surface area contributed by atoms with Crippen LogP contribution in [-0.4, -0.2) is 6.54 Å². The molecule has 1 fully saturated rings. The number of nitrogens with one attached hydrogen (secondary N) is 1. The lowest BCUT2D eigenvalue weighted by Gasteiger charge is -2.24. The van der Waals surface area contributed by atoms with Gasteiger partial charge in [-0.25, -0.2) is 0 Å². The number of aryl methyl sites for hydroxylation is 2. The molecule has 0 saturated carbocycles. The van der Waals surface area contributed by atoms with Crippen LogP contribution in [0.2, 0.25) is 0 Å². The number of hydrogen-bond acceptors (Lipinski definition) is 2. The largest absolute Gasteiger partial charge is 0.466 e. The van der Waals surface area contributed by atoms with Gasteiger partial charge in [-0.3, -0.25) is 0 Å². The first-order valence-electron chi connectivity index (χ1n) is 5.73. The van der Waals surface area contributed by atoms with Crippen molar-refractivity contribution in [1.29, 1.82) is 0 Å². The molecule has 0 radical (unpaired) electrons. The van der Waals surface area contributed by atoms with Crippen molar-refractivity contribution in [2.24, 2.45) is 5.92 Å². The topological polar surface area (TPSA) is 25.2 Å². The second-order valence-corrected chi connectivity index (χ2v) is 4.46. The fourth-order valence-electron chi connectivity index (χ4n) is 2.88. The molecule has 1 saturated heterocycles. The molecule has 0 amide bonds. The van der Waals surface area contributed by atoms with Crippen LogP contribution in [0.25, 0.3) is 0 Å². The molecular formula is C12H17NO. The Bertz CT molecular complexity index is 342. The fourth-order valence-corrected chi connectivity index (χ4v) is 2.88. The summed E-state index contributed by atoms with van der Waals surface area (Å²) in [6.07, 6.45) is 4.82. The minimum absolute atomic E-state index is 0.600. The molecule has 1 aliphatic heterocycles. The number of hydrogen-bond donors (Lipinski definition) is 1. The van der Waals surface area contributed by atoms with Crippen molar-refractivity contribution >= 4 is 0 Å². The SMILES string of the molecule is CCc1cc2c(o1)CCC1CCNC21. The van der Waals surface area contributed by atoms with Crippen molar-refractivity contribution < 1.29 is 4.42 Å². The first-order valence-corrected chi connectivity index (χ1v) is 5.73. The molecule has 2 unspecified atom stereocenters. The molecule has 2 heterocycles. The maximum absolute atomic E-state index is 5.82. The lowest BCUT2D eigenvalue weighted by atomic mass is 9.84. The van der Waals surface area contributed by atoms with Gasteiger partial charge in [0.2, 0.25) is 0 Å². The molecule has 14 heavy (non-hydrogen) atoms. The quantitative estimate of drug-likeness (QED) is 0.737. The van der Waals surface area contributed by atoms with Crippen molar-refractivity contribution in [3.8, 4) is 0 Å². The molecule has 2 heteroatoms. The highest BCUT2D eigenvalue weighted by molar-refractivity contribution is 5.29. The zero-order chi connectivity index (χ0) is 9.54. The Morgan fingerprint density at radius 2 is 2.43 bits per heavy atom. The average molecular weight is 191 g/mol. The van der Waals surface area contributed by atoms with Crippen molar-refractivity contribution in [3.05, 3.63) is 23.2 Å². The Kier molecular flexibility index (Phi) is 1.91. The highest BCUT2D eigenvalue weighted by Crippen LogP contribution is 2.40. The minimum atomic E-state index is 0.600. The van der Waals surface area contributed by atoms with E-state index in [1.807, 2.05) is 0 Å². The lowest BCUT2D eigenvalue weighted by molar-refractivity contribution is 0.361. The van der Waals surface area contributed by atoms with E-state index in [-0.39, 0.29) is 0 Å². The minimum Gasteiger partial charge on any atom is -0.466 e. The molecule has 0 aromatic carbocycles. The first kappa shape index (κ1) is 8.54. The van der Waals surface area contributed by atoms with Gasteiger partial charge in [-0.15, -0.1) is 0 Å². The van der Waals surface area contributed by atoms with E-state index in [1.54, 1.807) is 0 Å². The number of rotatable bonds is 1. The highest BCUT2D eigenvalue weighted by Gasteiger charge is 2.35. The maximum Gasteiger partial charge on any atom is 0.108 e. The lowest BCUT2D eigenvalue weighted by Crippen LogP contribution is -2.22. The van der Waals surface area contributed by atoms with Gasteiger partial charge >= 0.3 is 0 Å². The Morgan fingerprint density at radius 3 is 3.29 bits per heavy atom. The van der Waals surface area contributed by atoms with Crippen LogP contribution in [0.5, 0.6) is 0 Å². The Morgan fingerprint density at radius 1 is 1.50 bits per heavy atom. The third-order valence-electron chi connectivity index (χ3n) is 3.67. The summed E-state index contributed by atoms with van der Waals surface area (Å²) in [5.41, 5.74) is 1.45. The molecule has 0 bridgehead atoms. The van der Waals surface area contributed by atoms with Crippen LogP contribution < -0.4 is 5.32 Å². The predicted molar refractivity (Wildman–Crippen MR) is 55.3 cm³/mol. The Hall–Kier alpha value is -0.760. The molecule has 1 aromatic heterocycles. The van der Waals surface area contributed by atoms with Gasteiger partial charge in [-0.2, -0.15) is 0 Å². The summed E-state index contributed by atoms with van der Waals surface area (Å²) >= 11 is 0. The van der Waals surface area contributed by atoms with Gasteiger partial charge in [0.25, 0.3) is 0 Å². The zero-order valence-electron chi connectivity index (χ0n) is 8.68. The summed E-state index contributed by atoms with van der Waals surface area (Å²) in [5.74, 6) is 3.27. The second kappa shape index (κ2) is 3.13. The average Bonchev–Trinajstić information content (AvgIpc) is 2.82. The van der Waals surface area contributed by atoms with E-state index >= 15 is 0 Å². The normalized spacial score (nSPS) is 30.1. The number of fused-ring (bicyclic) bond motifs is 3. The van der Waals surface area contributed by atoms with E-state index in [4.69, 9.17) is 4.42 Å². The van der Waals surface area contributed by atoms with E-state index in [0.717, 1.165) is 24.5 Å². The van der Waals surface area contributed by atoms with E-state index < -0.39 is 0 Å². The molecular weight excluding hydrogens is 174 g/mol. The summed E-state index contributed by atoms with van der Waals surface area (Å²) in [7, 11) is 0. The van der Waals surface area contributed by atoms with Crippen molar-refractivity contribution in [2.75, 3.05) is 6.54 Å². The van der Waals surface area contributed by atoms with Crippen LogP contribution in [0.1, 0.15) is 42.9 Å². The fraction of sp³-hybridized carbons (Fsp3) is 0.667. The van der Waals surface area contributed by atoms with Gasteiger partial charge in [0.05, 0.1) is 0 Å². The predicted octanol–water partition coefficient (Wildman–Crippen LogP) is 2.44. The van der Waals surface area contributed by atoms with Crippen LogP contribution in [0, 0.1) is 5.92 Å². The van der Waals surface area contributed by atoms with Crippen LogP contribution in [-0.2, 0) is 12.8 Å². The third kappa shape index (κ3) is 1.13. The van der Waals surface area contributed by atoms with Crippen molar-refractivity contribution in [1.82, 2.24) is 5.32 Å². The zero-order valence-corrected chi connectivity index (χ0v) is 8.68. The maximum atomic E-state index is 5.82. The van der Waals surface area contributed by atoms with Crippen LogP contribution in [0.15, 0.2) is 10.5 Å². The Balaban J connectivity index is 2.00. The van der Waals surface area contributed by atoms with Gasteiger partial charge in [-0.1, -0.05) is 6.92 Å². The van der Waals surface area contributed by atoms with Gasteiger partial charge in [0, 0.05) is 24.4 Å². The number of furan rings is 1. The Labute approximate surface area is 84.7 Å². The molecule has 76 valence electrons. The molecule has 3 rings (SSSR count). The van der Waals surface area contributed by atoms with Crippen LogP contribution >= 0.6 is 0 Å². The van der Waals surface area contributed by atoms with Gasteiger partial charge in [0.1, 0.15) is 11.5 Å². The van der Waals surface area contributed by atoms with Gasteiger partial charge < -0.3 is 9.73 Å². The van der Waals surface area contributed by atoms with Gasteiger partial charge in [0.15, 0.2) is 0 Å². The summed E-state index contributed by atoms with van der Waals surface area (Å²) in [4.78, 5) is 0. The van der Waals surface area contributed by atoms with E-state index in [9.17, 15) is 0 Å². The monoisotopic (exact) mass is 191 g/mol. The van der Waals surface area contributed by atoms with E-state index in [2.05, 4.69) is 18.3 Å². The molecule has 0 spiro atoms. The molecule has 2 aliphatic rings. The summed E-state index contributed by atoms with van der Waals surface area (Å²) in [5, 5.41) is 3.59. The standard InChI is InChI=1S/C12H17NO/c1-2-9-7-10-11(14-9)4-3-8-5-6-13-12(8)10/h7-8,12-13H,2-6H2,1H3. The molecule has 1 N–H and O–H groups in total. The summed E-state index contributed by atoms with van der Waals surface area (Å²) < 4.78 is 5.82. The van der Waals surface area contributed by atoms with Crippen LogP contribution in [0.4, 0.5) is 0 Å². The molecule has 2 atom stereocenters. The van der Waals surface area contributed by atoms with Gasteiger partial charge in [-0.05, 0) is 31.4 Å². The molecule has 1 aliphatic carbocycles. The molecule has 2 nitrogen and oxygen atoms in total. The third-order valence-corrected chi connectivity index (χ3v) is 3.67. The highest BCUT2D eigenvalue weighted by atomic mass is 16.3. The van der Waals surface area contributed by atoms with Crippen molar-refractivity contribution in [2.45, 2.75) is 38.6 Å².